The van der Waals surface area contributed by atoms with Crippen LogP contribution in [0, 0.1) is 5.92 Å². The second-order valence-electron chi connectivity index (χ2n) is 8.54. The van der Waals surface area contributed by atoms with Gasteiger partial charge in [0.1, 0.15) is 0 Å². The van der Waals surface area contributed by atoms with Gasteiger partial charge in [-0.2, -0.15) is 0 Å². The standard InChI is InChI=1S/C25H32N2O5/c1-17-23(15-27-11-13-30-14-12-27)31-25(21-7-9-22(10-8-21)26-18(2)29)32-24(17)20-5-3-19(16-28)4-6-20/h3-10,17,23-25,28H,11-16H2,1-2H3,(H,26,29)/t17-,23+,24+,25+/m1/s1. The van der Waals surface area contributed by atoms with E-state index in [9.17, 15) is 9.90 Å². The smallest absolute Gasteiger partial charge is 0.221 e. The zero-order chi connectivity index (χ0) is 22.5. The molecule has 0 radical (unpaired) electrons. The molecular weight excluding hydrogens is 408 g/mol. The Morgan fingerprint density at radius 3 is 2.31 bits per heavy atom. The first kappa shape index (κ1) is 22.9. The molecule has 32 heavy (non-hydrogen) atoms. The second-order valence-corrected chi connectivity index (χ2v) is 8.54. The number of morpholine rings is 1. The first-order valence-electron chi connectivity index (χ1n) is 11.2. The minimum atomic E-state index is -0.508. The number of hydrogen-bond acceptors (Lipinski definition) is 6. The molecule has 7 heteroatoms. The molecule has 0 saturated carbocycles. The number of ether oxygens (including phenoxy) is 3. The number of carbonyl (C=O) groups is 1. The van der Waals surface area contributed by atoms with Crippen LogP contribution in [0.5, 0.6) is 0 Å². The average molecular weight is 441 g/mol. The first-order valence-corrected chi connectivity index (χ1v) is 11.2. The lowest BCUT2D eigenvalue weighted by Gasteiger charge is -2.43. The van der Waals surface area contributed by atoms with E-state index in [-0.39, 0.29) is 30.6 Å². The van der Waals surface area contributed by atoms with Crippen molar-refractivity contribution in [2.75, 3.05) is 38.2 Å². The van der Waals surface area contributed by atoms with Crippen molar-refractivity contribution in [2.45, 2.75) is 39.0 Å². The molecule has 4 rings (SSSR count). The van der Waals surface area contributed by atoms with E-state index >= 15 is 0 Å². The van der Waals surface area contributed by atoms with Crippen LogP contribution in [0.4, 0.5) is 5.69 Å². The molecule has 2 fully saturated rings. The van der Waals surface area contributed by atoms with Gasteiger partial charge in [0.05, 0.1) is 32.0 Å². The Balaban J connectivity index is 1.56. The Labute approximate surface area is 189 Å². The molecule has 0 bridgehead atoms. The lowest BCUT2D eigenvalue weighted by Crippen LogP contribution is -2.47. The molecule has 172 valence electrons. The quantitative estimate of drug-likeness (QED) is 0.718. The summed E-state index contributed by atoms with van der Waals surface area (Å²) >= 11 is 0. The van der Waals surface area contributed by atoms with Crippen LogP contribution in [0.25, 0.3) is 0 Å². The summed E-state index contributed by atoms with van der Waals surface area (Å²) in [5, 5.41) is 12.2. The number of rotatable bonds is 6. The molecule has 0 aromatic heterocycles. The average Bonchev–Trinajstić information content (AvgIpc) is 2.81. The molecule has 4 atom stereocenters. The molecule has 0 unspecified atom stereocenters. The van der Waals surface area contributed by atoms with Gasteiger partial charge in [-0.05, 0) is 23.3 Å². The molecular formula is C25H32N2O5. The van der Waals surface area contributed by atoms with Gasteiger partial charge in [-0.3, -0.25) is 9.69 Å². The summed E-state index contributed by atoms with van der Waals surface area (Å²) in [7, 11) is 0. The number of benzene rings is 2. The molecule has 0 aliphatic carbocycles. The van der Waals surface area contributed by atoms with Crippen LogP contribution in [0.15, 0.2) is 48.5 Å². The van der Waals surface area contributed by atoms with E-state index in [2.05, 4.69) is 17.1 Å². The molecule has 2 aliphatic rings. The van der Waals surface area contributed by atoms with E-state index in [4.69, 9.17) is 14.2 Å². The Kier molecular flexibility index (Phi) is 7.55. The van der Waals surface area contributed by atoms with Gasteiger partial charge >= 0.3 is 0 Å². The van der Waals surface area contributed by atoms with Crippen molar-refractivity contribution in [1.29, 1.82) is 0 Å². The maximum Gasteiger partial charge on any atom is 0.221 e. The Morgan fingerprint density at radius 2 is 1.69 bits per heavy atom. The van der Waals surface area contributed by atoms with Gasteiger partial charge in [-0.1, -0.05) is 43.3 Å². The number of nitrogens with zero attached hydrogens (tertiary/aromatic N) is 1. The van der Waals surface area contributed by atoms with E-state index < -0.39 is 6.29 Å². The molecule has 1 amide bonds. The summed E-state index contributed by atoms with van der Waals surface area (Å²) in [4.78, 5) is 13.7. The Bertz CT molecular complexity index is 880. The number of anilines is 1. The van der Waals surface area contributed by atoms with Gasteiger partial charge in [-0.25, -0.2) is 0 Å². The normalized spacial score (nSPS) is 26.6. The topological polar surface area (TPSA) is 80.3 Å². The third kappa shape index (κ3) is 5.54. The Morgan fingerprint density at radius 1 is 1.03 bits per heavy atom. The van der Waals surface area contributed by atoms with E-state index in [1.807, 2.05) is 48.5 Å². The third-order valence-electron chi connectivity index (χ3n) is 6.17. The number of hydrogen-bond donors (Lipinski definition) is 2. The number of aliphatic hydroxyl groups excluding tert-OH is 1. The van der Waals surface area contributed by atoms with Gasteiger partial charge in [0, 0.05) is 43.7 Å². The number of nitrogens with one attached hydrogen (secondary N) is 1. The predicted octanol–water partition coefficient (Wildman–Crippen LogP) is 3.26. The maximum absolute atomic E-state index is 11.3. The van der Waals surface area contributed by atoms with E-state index in [1.54, 1.807) is 0 Å². The van der Waals surface area contributed by atoms with Gasteiger partial charge in [0.15, 0.2) is 6.29 Å². The molecule has 2 N–H and O–H groups in total. The number of aliphatic hydroxyl groups is 1. The van der Waals surface area contributed by atoms with Gasteiger partial charge in [0.25, 0.3) is 0 Å². The minimum Gasteiger partial charge on any atom is -0.392 e. The molecule has 2 heterocycles. The SMILES string of the molecule is CC(=O)Nc1ccc([C@H]2O[C@@H](CN3CCOCC3)[C@@H](C)[C@@H](c3ccc(CO)cc3)O2)cc1. The van der Waals surface area contributed by atoms with Crippen molar-refractivity contribution < 1.29 is 24.1 Å². The minimum absolute atomic E-state index is 0.00982. The fraction of sp³-hybridized carbons (Fsp3) is 0.480. The number of carbonyl (C=O) groups excluding carboxylic acids is 1. The van der Waals surface area contributed by atoms with Gasteiger partial charge in [0.2, 0.25) is 5.91 Å². The highest BCUT2D eigenvalue weighted by molar-refractivity contribution is 5.88. The Hall–Kier alpha value is -2.29. The molecule has 2 saturated heterocycles. The van der Waals surface area contributed by atoms with Crippen molar-refractivity contribution in [1.82, 2.24) is 4.90 Å². The molecule has 2 aliphatic heterocycles. The largest absolute Gasteiger partial charge is 0.392 e. The molecule has 0 spiro atoms. The van der Waals surface area contributed by atoms with E-state index in [0.29, 0.717) is 0 Å². The fourth-order valence-corrected chi connectivity index (χ4v) is 4.29. The predicted molar refractivity (Wildman–Crippen MR) is 121 cm³/mol. The highest BCUT2D eigenvalue weighted by Crippen LogP contribution is 2.42. The van der Waals surface area contributed by atoms with Crippen molar-refractivity contribution in [3.63, 3.8) is 0 Å². The maximum atomic E-state index is 11.3. The lowest BCUT2D eigenvalue weighted by molar-refractivity contribution is -0.277. The van der Waals surface area contributed by atoms with E-state index in [0.717, 1.165) is 55.2 Å². The second kappa shape index (κ2) is 10.6. The van der Waals surface area contributed by atoms with Gasteiger partial charge in [-0.15, -0.1) is 0 Å². The highest BCUT2D eigenvalue weighted by Gasteiger charge is 2.39. The zero-order valence-corrected chi connectivity index (χ0v) is 18.7. The molecule has 2 aromatic carbocycles. The fourth-order valence-electron chi connectivity index (χ4n) is 4.29. The van der Waals surface area contributed by atoms with E-state index in [1.165, 1.54) is 6.92 Å². The summed E-state index contributed by atoms with van der Waals surface area (Å²) in [6.45, 7) is 7.80. The van der Waals surface area contributed by atoms with Crippen LogP contribution >= 0.6 is 0 Å². The summed E-state index contributed by atoms with van der Waals surface area (Å²) in [6, 6.07) is 15.5. The monoisotopic (exact) mass is 440 g/mol. The van der Waals surface area contributed by atoms with Crippen LogP contribution in [0.2, 0.25) is 0 Å². The molecule has 7 nitrogen and oxygen atoms in total. The van der Waals surface area contributed by atoms with Crippen LogP contribution < -0.4 is 5.32 Å². The zero-order valence-electron chi connectivity index (χ0n) is 18.7. The van der Waals surface area contributed by atoms with Crippen LogP contribution in [0.3, 0.4) is 0 Å². The van der Waals surface area contributed by atoms with Crippen molar-refractivity contribution in [2.24, 2.45) is 5.92 Å². The highest BCUT2D eigenvalue weighted by atomic mass is 16.7. The van der Waals surface area contributed by atoms with Crippen molar-refractivity contribution >= 4 is 11.6 Å². The third-order valence-corrected chi connectivity index (χ3v) is 6.17. The van der Waals surface area contributed by atoms with Crippen LogP contribution in [0.1, 0.15) is 42.9 Å². The summed E-state index contributed by atoms with van der Waals surface area (Å²) < 4.78 is 18.4. The molecule has 2 aromatic rings. The van der Waals surface area contributed by atoms with Crippen molar-refractivity contribution in [3.05, 3.63) is 65.2 Å². The number of amides is 1. The summed E-state index contributed by atoms with van der Waals surface area (Å²) in [6.07, 6.45) is -0.655. The van der Waals surface area contributed by atoms with Crippen LogP contribution in [-0.4, -0.2) is 54.9 Å². The first-order chi connectivity index (χ1) is 15.5. The van der Waals surface area contributed by atoms with Crippen LogP contribution in [-0.2, 0) is 25.6 Å². The van der Waals surface area contributed by atoms with Gasteiger partial charge < -0.3 is 24.6 Å². The summed E-state index contributed by atoms with van der Waals surface area (Å²) in [5.74, 6) is 0.0430. The summed E-state index contributed by atoms with van der Waals surface area (Å²) in [5.41, 5.74) is 3.61. The lowest BCUT2D eigenvalue weighted by atomic mass is 9.90. The van der Waals surface area contributed by atoms with Crippen molar-refractivity contribution in [3.8, 4) is 0 Å².